The molecule has 1 aromatic heterocycles. The van der Waals surface area contributed by atoms with Crippen LogP contribution in [0.5, 0.6) is 5.75 Å². The maximum Gasteiger partial charge on any atom is 0.226 e. The van der Waals surface area contributed by atoms with Gasteiger partial charge in [0.15, 0.2) is 11.6 Å². The Kier molecular flexibility index (Phi) is 2.69. The molecule has 101 valence electrons. The van der Waals surface area contributed by atoms with Gasteiger partial charge in [-0.3, -0.25) is 0 Å². The highest BCUT2D eigenvalue weighted by Gasteiger charge is 2.36. The van der Waals surface area contributed by atoms with Gasteiger partial charge in [-0.25, -0.2) is 0 Å². The Morgan fingerprint density at radius 3 is 3.00 bits per heavy atom. The van der Waals surface area contributed by atoms with Crippen molar-refractivity contribution in [3.8, 4) is 5.75 Å². The van der Waals surface area contributed by atoms with Crippen molar-refractivity contribution in [3.05, 3.63) is 11.7 Å². The van der Waals surface area contributed by atoms with Crippen molar-refractivity contribution in [2.45, 2.75) is 25.3 Å². The van der Waals surface area contributed by atoms with Crippen LogP contribution in [-0.2, 0) is 0 Å². The zero-order valence-electron chi connectivity index (χ0n) is 10.7. The van der Waals surface area contributed by atoms with Crippen LogP contribution in [0.3, 0.4) is 0 Å². The molecule has 1 unspecified atom stereocenters. The predicted molar refractivity (Wildman–Crippen MR) is 74.0 cm³/mol. The first-order valence-corrected chi connectivity index (χ1v) is 7.24. The number of anilines is 2. The van der Waals surface area contributed by atoms with E-state index in [-0.39, 0.29) is 0 Å². The third-order valence-corrected chi connectivity index (χ3v) is 4.29. The number of nitrogens with zero attached hydrogens (tertiary/aromatic N) is 4. The minimum atomic E-state index is 0.316. The van der Waals surface area contributed by atoms with Gasteiger partial charge >= 0.3 is 0 Å². The van der Waals surface area contributed by atoms with E-state index in [1.165, 1.54) is 12.8 Å². The van der Waals surface area contributed by atoms with E-state index in [0.29, 0.717) is 11.3 Å². The quantitative estimate of drug-likeness (QED) is 0.735. The van der Waals surface area contributed by atoms with Crippen LogP contribution in [0.15, 0.2) is 0 Å². The first-order chi connectivity index (χ1) is 9.33. The Labute approximate surface area is 117 Å². The maximum atomic E-state index is 6.11. The molecule has 0 N–H and O–H groups in total. The summed E-state index contributed by atoms with van der Waals surface area (Å²) in [4.78, 5) is 13.3. The van der Waals surface area contributed by atoms with Crippen molar-refractivity contribution in [2.24, 2.45) is 0 Å². The summed E-state index contributed by atoms with van der Waals surface area (Å²) < 4.78 is 5.96. The molecule has 0 saturated carbocycles. The Morgan fingerprint density at radius 1 is 1.26 bits per heavy atom. The largest absolute Gasteiger partial charge is 0.484 e. The molecule has 2 saturated heterocycles. The maximum absolute atomic E-state index is 6.11. The lowest BCUT2D eigenvalue weighted by Gasteiger charge is -2.34. The van der Waals surface area contributed by atoms with Crippen molar-refractivity contribution in [1.82, 2.24) is 9.97 Å². The average Bonchev–Trinajstić information content (AvgIpc) is 3.09. The van der Waals surface area contributed by atoms with Gasteiger partial charge in [-0.15, -0.1) is 0 Å². The molecule has 3 aliphatic heterocycles. The second-order valence-corrected chi connectivity index (χ2v) is 5.63. The number of hydrogen-bond acceptors (Lipinski definition) is 5. The van der Waals surface area contributed by atoms with Gasteiger partial charge < -0.3 is 14.5 Å². The van der Waals surface area contributed by atoms with Gasteiger partial charge in [-0.05, 0) is 37.3 Å². The Morgan fingerprint density at radius 2 is 2.16 bits per heavy atom. The molecule has 0 bridgehead atoms. The molecule has 6 heteroatoms. The van der Waals surface area contributed by atoms with E-state index in [4.69, 9.17) is 16.3 Å². The molecule has 1 radical (unpaired) electrons. The van der Waals surface area contributed by atoms with Crippen LogP contribution in [0, 0.1) is 6.42 Å². The Balaban J connectivity index is 1.80. The minimum Gasteiger partial charge on any atom is -0.484 e. The van der Waals surface area contributed by atoms with Gasteiger partial charge in [0.1, 0.15) is 6.61 Å². The molecule has 19 heavy (non-hydrogen) atoms. The molecule has 0 spiro atoms. The number of rotatable bonds is 1. The van der Waals surface area contributed by atoms with Crippen LogP contribution in [0.4, 0.5) is 11.6 Å². The minimum absolute atomic E-state index is 0.316. The van der Waals surface area contributed by atoms with E-state index >= 15 is 0 Å². The number of hydrogen-bond donors (Lipinski definition) is 0. The molecule has 2 fully saturated rings. The van der Waals surface area contributed by atoms with Crippen LogP contribution < -0.4 is 14.5 Å². The fraction of sp³-hybridized carbons (Fsp3) is 0.615. The van der Waals surface area contributed by atoms with Crippen LogP contribution >= 0.6 is 11.6 Å². The van der Waals surface area contributed by atoms with Gasteiger partial charge in [-0.2, -0.15) is 9.97 Å². The summed E-state index contributed by atoms with van der Waals surface area (Å²) in [7, 11) is 0. The summed E-state index contributed by atoms with van der Waals surface area (Å²) in [6.45, 7) is 3.67. The lowest BCUT2D eigenvalue weighted by atomic mass is 10.2. The first kappa shape index (κ1) is 11.6. The highest BCUT2D eigenvalue weighted by molar-refractivity contribution is 6.28. The van der Waals surface area contributed by atoms with E-state index in [2.05, 4.69) is 26.2 Å². The van der Waals surface area contributed by atoms with Crippen molar-refractivity contribution in [2.75, 3.05) is 36.0 Å². The molecule has 1 atom stereocenters. The first-order valence-electron chi connectivity index (χ1n) is 6.86. The number of aromatic nitrogens is 2. The van der Waals surface area contributed by atoms with Crippen molar-refractivity contribution in [3.63, 3.8) is 0 Å². The van der Waals surface area contributed by atoms with Crippen molar-refractivity contribution < 1.29 is 4.74 Å². The standard InChI is InChI=1S/C13H16ClN4O/c14-13-15-11(17-5-1-2-6-17)10-12(16-13)18-7-3-4-9(18)8-19-10/h1,9H,2-8H2. The Bertz CT molecular complexity index is 486. The van der Waals surface area contributed by atoms with Gasteiger partial charge in [0.25, 0.3) is 0 Å². The van der Waals surface area contributed by atoms with Crippen LogP contribution in [0.25, 0.3) is 0 Å². The van der Waals surface area contributed by atoms with Crippen molar-refractivity contribution >= 4 is 23.2 Å². The van der Waals surface area contributed by atoms with E-state index in [1.807, 2.05) is 0 Å². The zero-order valence-corrected chi connectivity index (χ0v) is 11.4. The third kappa shape index (κ3) is 1.83. The summed E-state index contributed by atoms with van der Waals surface area (Å²) in [5.74, 6) is 2.56. The van der Waals surface area contributed by atoms with Crippen molar-refractivity contribution in [1.29, 1.82) is 0 Å². The molecule has 5 nitrogen and oxygen atoms in total. The summed E-state index contributed by atoms with van der Waals surface area (Å²) in [5.41, 5.74) is 0. The normalized spacial score (nSPS) is 25.2. The van der Waals surface area contributed by atoms with E-state index in [1.54, 1.807) is 0 Å². The highest BCUT2D eigenvalue weighted by atomic mass is 35.5. The molecule has 4 heterocycles. The molecule has 0 aliphatic carbocycles. The third-order valence-electron chi connectivity index (χ3n) is 4.12. The number of halogens is 1. The highest BCUT2D eigenvalue weighted by Crippen LogP contribution is 2.43. The van der Waals surface area contributed by atoms with Crippen LogP contribution in [-0.4, -0.2) is 42.3 Å². The summed E-state index contributed by atoms with van der Waals surface area (Å²) in [6, 6.07) is 0.455. The summed E-state index contributed by atoms with van der Waals surface area (Å²) >= 11 is 6.11. The molecular formula is C13H16ClN4O. The van der Waals surface area contributed by atoms with E-state index in [0.717, 1.165) is 50.0 Å². The molecular weight excluding hydrogens is 264 g/mol. The Hall–Kier alpha value is -1.23. The monoisotopic (exact) mass is 279 g/mol. The lowest BCUT2D eigenvalue weighted by Crippen LogP contribution is -2.39. The SMILES string of the molecule is Clc1nc(N2C[CH]CC2)c2c(n1)N1CCCC1CO2. The molecule has 0 amide bonds. The predicted octanol–water partition coefficient (Wildman–Crippen LogP) is 1.91. The fourth-order valence-electron chi connectivity index (χ4n) is 3.18. The zero-order chi connectivity index (χ0) is 12.8. The smallest absolute Gasteiger partial charge is 0.226 e. The van der Waals surface area contributed by atoms with Gasteiger partial charge in [0.2, 0.25) is 11.0 Å². The van der Waals surface area contributed by atoms with Gasteiger partial charge in [0.05, 0.1) is 6.04 Å². The fourth-order valence-corrected chi connectivity index (χ4v) is 3.34. The second-order valence-electron chi connectivity index (χ2n) is 5.29. The molecule has 4 rings (SSSR count). The second kappa shape index (κ2) is 4.40. The van der Waals surface area contributed by atoms with Crippen LogP contribution in [0.2, 0.25) is 5.28 Å². The van der Waals surface area contributed by atoms with E-state index < -0.39 is 0 Å². The molecule has 1 aromatic rings. The molecule has 3 aliphatic rings. The van der Waals surface area contributed by atoms with E-state index in [9.17, 15) is 0 Å². The number of fused-ring (bicyclic) bond motifs is 3. The average molecular weight is 280 g/mol. The number of ether oxygens (including phenoxy) is 1. The topological polar surface area (TPSA) is 41.5 Å². The van der Waals surface area contributed by atoms with Gasteiger partial charge in [-0.1, -0.05) is 0 Å². The summed E-state index contributed by atoms with van der Waals surface area (Å²) in [5, 5.41) is 0.316. The lowest BCUT2D eigenvalue weighted by molar-refractivity contribution is 0.269. The molecule has 0 aromatic carbocycles. The van der Waals surface area contributed by atoms with Crippen LogP contribution in [0.1, 0.15) is 19.3 Å². The summed E-state index contributed by atoms with van der Waals surface area (Å²) in [6.07, 6.45) is 5.71. The van der Waals surface area contributed by atoms with Gasteiger partial charge in [0, 0.05) is 19.6 Å².